The number of aliphatic hydroxyl groups excluding tert-OH is 1. The Kier molecular flexibility index (Phi) is 5.10. The van der Waals surface area contributed by atoms with Crippen molar-refractivity contribution in [3.8, 4) is 0 Å². The van der Waals surface area contributed by atoms with E-state index in [0.29, 0.717) is 12.0 Å². The molecule has 0 aliphatic heterocycles. The number of hydrogen-bond acceptors (Lipinski definition) is 2. The third-order valence-electron chi connectivity index (χ3n) is 2.55. The second-order valence-corrected chi connectivity index (χ2v) is 4.10. The Balaban J connectivity index is 2.60. The van der Waals surface area contributed by atoms with Crippen LogP contribution in [-0.2, 0) is 4.79 Å². The van der Waals surface area contributed by atoms with Crippen LogP contribution in [0.2, 0.25) is 0 Å². The molecule has 0 saturated heterocycles. The highest BCUT2D eigenvalue weighted by Crippen LogP contribution is 2.17. The van der Waals surface area contributed by atoms with E-state index in [1.807, 2.05) is 6.92 Å². The maximum absolute atomic E-state index is 12.7. The van der Waals surface area contributed by atoms with Crippen LogP contribution in [-0.4, -0.2) is 17.1 Å². The number of amides is 1. The zero-order valence-corrected chi connectivity index (χ0v) is 10.1. The van der Waals surface area contributed by atoms with Gasteiger partial charge in [0.25, 0.3) is 0 Å². The van der Waals surface area contributed by atoms with Crippen molar-refractivity contribution in [2.75, 3.05) is 0 Å². The zero-order valence-electron chi connectivity index (χ0n) is 10.1. The van der Waals surface area contributed by atoms with Gasteiger partial charge in [-0.2, -0.15) is 0 Å². The number of nitrogens with one attached hydrogen (secondary N) is 1. The Morgan fingerprint density at radius 2 is 2.00 bits per heavy atom. The largest absolute Gasteiger partial charge is 0.386 e. The van der Waals surface area contributed by atoms with Crippen LogP contribution in [0.5, 0.6) is 0 Å². The highest BCUT2D eigenvalue weighted by atomic mass is 19.1. The van der Waals surface area contributed by atoms with Gasteiger partial charge in [-0.15, -0.1) is 0 Å². The number of carbonyl (C=O) groups is 1. The summed E-state index contributed by atoms with van der Waals surface area (Å²) >= 11 is 0. The number of halogens is 1. The minimum absolute atomic E-state index is 0.0823. The predicted octanol–water partition coefficient (Wildman–Crippen LogP) is 2.16. The van der Waals surface area contributed by atoms with E-state index in [-0.39, 0.29) is 17.8 Å². The Morgan fingerprint density at radius 1 is 1.41 bits per heavy atom. The van der Waals surface area contributed by atoms with Crippen LogP contribution < -0.4 is 5.32 Å². The number of benzene rings is 1. The molecule has 0 spiro atoms. The van der Waals surface area contributed by atoms with Gasteiger partial charge in [-0.1, -0.05) is 19.1 Å². The SMILES string of the molecule is CCCC(=O)NC(C)C(O)c1ccc(F)cc1. The summed E-state index contributed by atoms with van der Waals surface area (Å²) in [4.78, 5) is 11.4. The molecular formula is C13H18FNO2. The molecule has 94 valence electrons. The van der Waals surface area contributed by atoms with Gasteiger partial charge in [-0.3, -0.25) is 4.79 Å². The van der Waals surface area contributed by atoms with Gasteiger partial charge in [-0.25, -0.2) is 4.39 Å². The third-order valence-corrected chi connectivity index (χ3v) is 2.55. The highest BCUT2D eigenvalue weighted by Gasteiger charge is 2.17. The smallest absolute Gasteiger partial charge is 0.220 e. The molecule has 4 heteroatoms. The average molecular weight is 239 g/mol. The van der Waals surface area contributed by atoms with Gasteiger partial charge in [0.15, 0.2) is 0 Å². The summed E-state index contributed by atoms with van der Waals surface area (Å²) in [5, 5.41) is 12.7. The van der Waals surface area contributed by atoms with E-state index in [1.165, 1.54) is 24.3 Å². The molecule has 2 unspecified atom stereocenters. The fraction of sp³-hybridized carbons (Fsp3) is 0.462. The minimum atomic E-state index is -0.823. The number of aliphatic hydroxyl groups is 1. The maximum Gasteiger partial charge on any atom is 0.220 e. The number of carbonyl (C=O) groups excluding carboxylic acids is 1. The second-order valence-electron chi connectivity index (χ2n) is 4.10. The maximum atomic E-state index is 12.7. The summed E-state index contributed by atoms with van der Waals surface area (Å²) < 4.78 is 12.7. The number of rotatable bonds is 5. The lowest BCUT2D eigenvalue weighted by Gasteiger charge is -2.20. The van der Waals surface area contributed by atoms with Gasteiger partial charge in [0.05, 0.1) is 12.1 Å². The molecule has 0 aliphatic carbocycles. The van der Waals surface area contributed by atoms with Crippen molar-refractivity contribution in [2.45, 2.75) is 38.8 Å². The molecule has 0 saturated carbocycles. The van der Waals surface area contributed by atoms with Crippen LogP contribution in [0.4, 0.5) is 4.39 Å². The molecule has 2 atom stereocenters. The normalized spacial score (nSPS) is 14.1. The fourth-order valence-electron chi connectivity index (χ4n) is 1.58. The Morgan fingerprint density at radius 3 is 2.53 bits per heavy atom. The van der Waals surface area contributed by atoms with Gasteiger partial charge in [0.2, 0.25) is 5.91 Å². The van der Waals surface area contributed by atoms with E-state index in [9.17, 15) is 14.3 Å². The van der Waals surface area contributed by atoms with Gasteiger partial charge in [0.1, 0.15) is 5.82 Å². The molecule has 17 heavy (non-hydrogen) atoms. The van der Waals surface area contributed by atoms with Crippen molar-refractivity contribution >= 4 is 5.91 Å². The number of hydrogen-bond donors (Lipinski definition) is 2. The van der Waals surface area contributed by atoms with Gasteiger partial charge in [-0.05, 0) is 31.0 Å². The van der Waals surface area contributed by atoms with Crippen LogP contribution in [0.15, 0.2) is 24.3 Å². The van der Waals surface area contributed by atoms with Gasteiger partial charge < -0.3 is 10.4 Å². The van der Waals surface area contributed by atoms with Crippen LogP contribution in [0.1, 0.15) is 38.4 Å². The van der Waals surface area contributed by atoms with E-state index in [4.69, 9.17) is 0 Å². The van der Waals surface area contributed by atoms with Crippen molar-refractivity contribution in [1.29, 1.82) is 0 Å². The standard InChI is InChI=1S/C13H18FNO2/c1-3-4-12(16)15-9(2)13(17)10-5-7-11(14)8-6-10/h5-9,13,17H,3-4H2,1-2H3,(H,15,16). The predicted molar refractivity (Wildman–Crippen MR) is 63.9 cm³/mol. The Labute approximate surface area is 101 Å². The first kappa shape index (κ1) is 13.6. The van der Waals surface area contributed by atoms with Crippen LogP contribution >= 0.6 is 0 Å². The summed E-state index contributed by atoms with van der Waals surface area (Å²) in [5.74, 6) is -0.426. The van der Waals surface area contributed by atoms with Crippen molar-refractivity contribution in [3.63, 3.8) is 0 Å². The summed E-state index contributed by atoms with van der Waals surface area (Å²) in [5.41, 5.74) is 0.593. The summed E-state index contributed by atoms with van der Waals surface area (Å²) in [6, 6.07) is 5.22. The topological polar surface area (TPSA) is 49.3 Å². The lowest BCUT2D eigenvalue weighted by molar-refractivity contribution is -0.122. The molecule has 0 fully saturated rings. The molecule has 1 rings (SSSR count). The summed E-state index contributed by atoms with van der Waals surface area (Å²) in [7, 11) is 0. The Hall–Kier alpha value is -1.42. The minimum Gasteiger partial charge on any atom is -0.386 e. The van der Waals surface area contributed by atoms with Crippen molar-refractivity contribution < 1.29 is 14.3 Å². The highest BCUT2D eigenvalue weighted by molar-refractivity contribution is 5.76. The fourth-order valence-corrected chi connectivity index (χ4v) is 1.58. The first-order valence-electron chi connectivity index (χ1n) is 5.77. The lowest BCUT2D eigenvalue weighted by atomic mass is 10.0. The van der Waals surface area contributed by atoms with E-state index in [2.05, 4.69) is 5.32 Å². The van der Waals surface area contributed by atoms with Crippen molar-refractivity contribution in [1.82, 2.24) is 5.32 Å². The van der Waals surface area contributed by atoms with E-state index >= 15 is 0 Å². The molecule has 1 aromatic rings. The Bertz CT molecular complexity index is 364. The molecule has 0 heterocycles. The molecule has 1 amide bonds. The molecule has 0 radical (unpaired) electrons. The van der Waals surface area contributed by atoms with Crippen molar-refractivity contribution in [2.24, 2.45) is 0 Å². The zero-order chi connectivity index (χ0) is 12.8. The molecule has 0 bridgehead atoms. The van der Waals surface area contributed by atoms with Crippen LogP contribution in [0, 0.1) is 5.82 Å². The first-order chi connectivity index (χ1) is 8.04. The van der Waals surface area contributed by atoms with E-state index < -0.39 is 6.10 Å². The summed E-state index contributed by atoms with van der Waals surface area (Å²) in [6.07, 6.45) is 0.391. The summed E-state index contributed by atoms with van der Waals surface area (Å²) in [6.45, 7) is 3.64. The molecule has 0 aliphatic rings. The van der Waals surface area contributed by atoms with E-state index in [0.717, 1.165) is 6.42 Å². The monoisotopic (exact) mass is 239 g/mol. The molecule has 2 N–H and O–H groups in total. The van der Waals surface area contributed by atoms with Crippen LogP contribution in [0.25, 0.3) is 0 Å². The van der Waals surface area contributed by atoms with Crippen molar-refractivity contribution in [3.05, 3.63) is 35.6 Å². The van der Waals surface area contributed by atoms with Crippen LogP contribution in [0.3, 0.4) is 0 Å². The van der Waals surface area contributed by atoms with Gasteiger partial charge >= 0.3 is 0 Å². The lowest BCUT2D eigenvalue weighted by Crippen LogP contribution is -2.36. The molecular weight excluding hydrogens is 221 g/mol. The molecule has 1 aromatic carbocycles. The molecule has 3 nitrogen and oxygen atoms in total. The second kappa shape index (κ2) is 6.35. The first-order valence-corrected chi connectivity index (χ1v) is 5.77. The van der Waals surface area contributed by atoms with E-state index in [1.54, 1.807) is 6.92 Å². The quantitative estimate of drug-likeness (QED) is 0.827. The molecule has 0 aromatic heterocycles. The third kappa shape index (κ3) is 4.15. The average Bonchev–Trinajstić information content (AvgIpc) is 2.29. The van der Waals surface area contributed by atoms with Gasteiger partial charge in [0, 0.05) is 6.42 Å².